The van der Waals surface area contributed by atoms with Crippen LogP contribution < -0.4 is 10.9 Å². The van der Waals surface area contributed by atoms with Crippen LogP contribution in [-0.4, -0.2) is 29.5 Å². The zero-order valence-electron chi connectivity index (χ0n) is 10.6. The SMILES string of the molecule is COCC(C)Nc1cnn(CC2CC2)c(=O)c1Br. The van der Waals surface area contributed by atoms with E-state index >= 15 is 0 Å². The highest BCUT2D eigenvalue weighted by molar-refractivity contribution is 9.10. The summed E-state index contributed by atoms with van der Waals surface area (Å²) in [6, 6.07) is 0.131. The number of rotatable bonds is 6. The highest BCUT2D eigenvalue weighted by atomic mass is 79.9. The number of hydrogen-bond acceptors (Lipinski definition) is 4. The fourth-order valence-corrected chi connectivity index (χ4v) is 2.22. The van der Waals surface area contributed by atoms with Gasteiger partial charge in [-0.15, -0.1) is 0 Å². The maximum atomic E-state index is 12.1. The largest absolute Gasteiger partial charge is 0.383 e. The van der Waals surface area contributed by atoms with Gasteiger partial charge in [0, 0.05) is 19.7 Å². The van der Waals surface area contributed by atoms with Crippen LogP contribution in [0.2, 0.25) is 0 Å². The number of hydrogen-bond donors (Lipinski definition) is 1. The molecule has 0 saturated heterocycles. The van der Waals surface area contributed by atoms with E-state index in [1.165, 1.54) is 17.5 Å². The van der Waals surface area contributed by atoms with Crippen LogP contribution in [0.5, 0.6) is 0 Å². The van der Waals surface area contributed by atoms with Crippen molar-refractivity contribution in [1.82, 2.24) is 9.78 Å². The Morgan fingerprint density at radius 3 is 3.00 bits per heavy atom. The highest BCUT2D eigenvalue weighted by Gasteiger charge is 2.23. The van der Waals surface area contributed by atoms with Gasteiger partial charge < -0.3 is 10.1 Å². The van der Waals surface area contributed by atoms with Crippen molar-refractivity contribution in [3.63, 3.8) is 0 Å². The Bertz CT molecular complexity index is 471. The molecule has 1 unspecified atom stereocenters. The summed E-state index contributed by atoms with van der Waals surface area (Å²) in [5.74, 6) is 0.633. The zero-order chi connectivity index (χ0) is 13.1. The smallest absolute Gasteiger partial charge is 0.283 e. The summed E-state index contributed by atoms with van der Waals surface area (Å²) in [4.78, 5) is 12.1. The quantitative estimate of drug-likeness (QED) is 0.870. The van der Waals surface area contributed by atoms with Crippen LogP contribution in [0.15, 0.2) is 15.5 Å². The van der Waals surface area contributed by atoms with E-state index in [-0.39, 0.29) is 11.6 Å². The van der Waals surface area contributed by atoms with E-state index < -0.39 is 0 Å². The number of aromatic nitrogens is 2. The molecule has 1 aliphatic rings. The summed E-state index contributed by atoms with van der Waals surface area (Å²) in [5.41, 5.74) is 0.646. The first kappa shape index (κ1) is 13.5. The molecule has 2 rings (SSSR count). The van der Waals surface area contributed by atoms with Gasteiger partial charge in [0.15, 0.2) is 0 Å². The molecule has 18 heavy (non-hydrogen) atoms. The van der Waals surface area contributed by atoms with Crippen molar-refractivity contribution < 1.29 is 4.74 Å². The van der Waals surface area contributed by atoms with Gasteiger partial charge in [0.25, 0.3) is 5.56 Å². The molecule has 1 aliphatic carbocycles. The number of nitrogens with zero attached hydrogens (tertiary/aromatic N) is 2. The second-order valence-electron chi connectivity index (χ2n) is 4.80. The molecule has 1 aromatic rings. The third-order valence-corrected chi connectivity index (χ3v) is 3.70. The average molecular weight is 316 g/mol. The minimum Gasteiger partial charge on any atom is -0.383 e. The van der Waals surface area contributed by atoms with Crippen molar-refractivity contribution in [3.8, 4) is 0 Å². The second kappa shape index (κ2) is 5.84. The Morgan fingerprint density at radius 1 is 1.67 bits per heavy atom. The molecule has 6 heteroatoms. The van der Waals surface area contributed by atoms with Crippen LogP contribution >= 0.6 is 15.9 Å². The van der Waals surface area contributed by atoms with Crippen molar-refractivity contribution in [2.75, 3.05) is 19.0 Å². The van der Waals surface area contributed by atoms with Crippen molar-refractivity contribution in [2.24, 2.45) is 5.92 Å². The molecule has 0 aliphatic heterocycles. The van der Waals surface area contributed by atoms with E-state index in [1.807, 2.05) is 6.92 Å². The molecule has 1 fully saturated rings. The first-order valence-corrected chi connectivity index (χ1v) is 6.92. The van der Waals surface area contributed by atoms with Gasteiger partial charge in [0.05, 0.1) is 18.5 Å². The fourth-order valence-electron chi connectivity index (χ4n) is 1.80. The van der Waals surface area contributed by atoms with Gasteiger partial charge in [-0.05, 0) is 41.6 Å². The predicted octanol–water partition coefficient (Wildman–Crippen LogP) is 1.86. The van der Waals surface area contributed by atoms with Crippen molar-refractivity contribution in [2.45, 2.75) is 32.4 Å². The topological polar surface area (TPSA) is 56.1 Å². The van der Waals surface area contributed by atoms with Gasteiger partial charge in [0.2, 0.25) is 0 Å². The Labute approximate surface area is 115 Å². The van der Waals surface area contributed by atoms with Crippen molar-refractivity contribution in [3.05, 3.63) is 21.0 Å². The maximum absolute atomic E-state index is 12.1. The molecule has 0 radical (unpaired) electrons. The maximum Gasteiger partial charge on any atom is 0.283 e. The number of halogens is 1. The van der Waals surface area contributed by atoms with Gasteiger partial charge in [-0.3, -0.25) is 4.79 Å². The molecule has 1 heterocycles. The Hall–Kier alpha value is -0.880. The van der Waals surface area contributed by atoms with Crippen LogP contribution in [0.3, 0.4) is 0 Å². The molecule has 1 atom stereocenters. The zero-order valence-corrected chi connectivity index (χ0v) is 12.2. The predicted molar refractivity (Wildman–Crippen MR) is 73.9 cm³/mol. The molecule has 100 valence electrons. The lowest BCUT2D eigenvalue weighted by Crippen LogP contribution is -2.28. The molecular formula is C12H18BrN3O2. The summed E-state index contributed by atoms with van der Waals surface area (Å²) >= 11 is 3.34. The minimum atomic E-state index is -0.0727. The Balaban J connectivity index is 2.12. The van der Waals surface area contributed by atoms with Gasteiger partial charge in [-0.1, -0.05) is 0 Å². The molecule has 1 aromatic heterocycles. The number of anilines is 1. The lowest BCUT2D eigenvalue weighted by atomic mass is 10.3. The normalized spacial score (nSPS) is 16.6. The molecule has 0 spiro atoms. The molecule has 0 bridgehead atoms. The van der Waals surface area contributed by atoms with Crippen LogP contribution in [-0.2, 0) is 11.3 Å². The van der Waals surface area contributed by atoms with Gasteiger partial charge in [-0.25, -0.2) is 4.68 Å². The lowest BCUT2D eigenvalue weighted by molar-refractivity contribution is 0.190. The van der Waals surface area contributed by atoms with E-state index in [0.717, 1.165) is 12.2 Å². The summed E-state index contributed by atoms with van der Waals surface area (Å²) in [6.07, 6.45) is 4.10. The summed E-state index contributed by atoms with van der Waals surface area (Å²) in [5, 5.41) is 7.40. The Morgan fingerprint density at radius 2 is 2.39 bits per heavy atom. The van der Waals surface area contributed by atoms with Crippen molar-refractivity contribution >= 4 is 21.6 Å². The number of methoxy groups -OCH3 is 1. The molecule has 1 N–H and O–H groups in total. The van der Waals surface area contributed by atoms with Gasteiger partial charge >= 0.3 is 0 Å². The van der Waals surface area contributed by atoms with E-state index in [9.17, 15) is 4.79 Å². The third-order valence-electron chi connectivity index (χ3n) is 2.93. The van der Waals surface area contributed by atoms with E-state index in [0.29, 0.717) is 17.0 Å². The van der Waals surface area contributed by atoms with Crippen molar-refractivity contribution in [1.29, 1.82) is 0 Å². The van der Waals surface area contributed by atoms with Crippen LogP contribution in [0.4, 0.5) is 5.69 Å². The van der Waals surface area contributed by atoms with E-state index in [2.05, 4.69) is 26.3 Å². The first-order chi connectivity index (χ1) is 8.61. The summed E-state index contributed by atoms with van der Waals surface area (Å²) in [7, 11) is 1.65. The standard InChI is InChI=1S/C12H18BrN3O2/c1-8(7-18-2)15-10-5-14-16(6-9-3-4-9)12(17)11(10)13/h5,8-9,15H,3-4,6-7H2,1-2H3. The monoisotopic (exact) mass is 315 g/mol. The first-order valence-electron chi connectivity index (χ1n) is 6.13. The molecule has 1 saturated carbocycles. The molecule has 0 amide bonds. The Kier molecular flexibility index (Phi) is 4.40. The van der Waals surface area contributed by atoms with E-state index in [4.69, 9.17) is 4.74 Å². The number of ether oxygens (including phenoxy) is 1. The highest BCUT2D eigenvalue weighted by Crippen LogP contribution is 2.30. The lowest BCUT2D eigenvalue weighted by Gasteiger charge is -2.15. The second-order valence-corrected chi connectivity index (χ2v) is 5.60. The number of nitrogens with one attached hydrogen (secondary N) is 1. The molecular weight excluding hydrogens is 298 g/mol. The summed E-state index contributed by atoms with van der Waals surface area (Å²) < 4.78 is 7.13. The van der Waals surface area contributed by atoms with Crippen LogP contribution in [0, 0.1) is 5.92 Å². The van der Waals surface area contributed by atoms with Gasteiger partial charge in [-0.2, -0.15) is 5.10 Å². The molecule has 0 aromatic carbocycles. The minimum absolute atomic E-state index is 0.0727. The molecule has 5 nitrogen and oxygen atoms in total. The average Bonchev–Trinajstić information content (AvgIpc) is 3.13. The third kappa shape index (κ3) is 3.32. The van der Waals surface area contributed by atoms with Crippen LogP contribution in [0.1, 0.15) is 19.8 Å². The van der Waals surface area contributed by atoms with E-state index in [1.54, 1.807) is 13.3 Å². The summed E-state index contributed by atoms with van der Waals surface area (Å²) in [6.45, 7) is 3.30. The fraction of sp³-hybridized carbons (Fsp3) is 0.667. The van der Waals surface area contributed by atoms with Crippen LogP contribution in [0.25, 0.3) is 0 Å². The van der Waals surface area contributed by atoms with Gasteiger partial charge in [0.1, 0.15) is 4.47 Å².